The Morgan fingerprint density at radius 2 is 1.85 bits per heavy atom. The number of amides is 2. The molecule has 0 bridgehead atoms. The first kappa shape index (κ1) is 18.5. The van der Waals surface area contributed by atoms with Gasteiger partial charge in [-0.05, 0) is 62.2 Å². The van der Waals surface area contributed by atoms with Crippen molar-refractivity contribution in [1.29, 1.82) is 0 Å². The van der Waals surface area contributed by atoms with Gasteiger partial charge in [0, 0.05) is 23.4 Å². The van der Waals surface area contributed by atoms with E-state index in [1.165, 1.54) is 6.08 Å². The SMILES string of the molecule is Cc1ccc(NC(=O)C=Cc2ccc3c(c2)OCO3)cc1C(=O)NC(C)C. The topological polar surface area (TPSA) is 76.7 Å². The number of carbonyl (C=O) groups is 2. The summed E-state index contributed by atoms with van der Waals surface area (Å²) in [6, 6.07) is 10.8. The minimum Gasteiger partial charge on any atom is -0.454 e. The highest BCUT2D eigenvalue weighted by Crippen LogP contribution is 2.32. The molecular weight excluding hydrogens is 344 g/mol. The highest BCUT2D eigenvalue weighted by atomic mass is 16.7. The van der Waals surface area contributed by atoms with Crippen molar-refractivity contribution in [3.63, 3.8) is 0 Å². The summed E-state index contributed by atoms with van der Waals surface area (Å²) in [7, 11) is 0. The van der Waals surface area contributed by atoms with Crippen LogP contribution in [0.5, 0.6) is 11.5 Å². The number of ether oxygens (including phenoxy) is 2. The van der Waals surface area contributed by atoms with E-state index >= 15 is 0 Å². The number of fused-ring (bicyclic) bond motifs is 1. The fourth-order valence-electron chi connectivity index (χ4n) is 2.66. The van der Waals surface area contributed by atoms with E-state index in [2.05, 4.69) is 10.6 Å². The molecule has 0 radical (unpaired) electrons. The van der Waals surface area contributed by atoms with E-state index in [4.69, 9.17) is 9.47 Å². The van der Waals surface area contributed by atoms with Crippen molar-refractivity contribution in [2.45, 2.75) is 26.8 Å². The molecule has 140 valence electrons. The molecule has 0 spiro atoms. The Labute approximate surface area is 158 Å². The van der Waals surface area contributed by atoms with Crippen molar-refractivity contribution < 1.29 is 19.1 Å². The number of anilines is 1. The number of nitrogens with one attached hydrogen (secondary N) is 2. The first-order valence-corrected chi connectivity index (χ1v) is 8.72. The molecule has 3 rings (SSSR count). The zero-order chi connectivity index (χ0) is 19.4. The van der Waals surface area contributed by atoms with Gasteiger partial charge in [0.05, 0.1) is 0 Å². The lowest BCUT2D eigenvalue weighted by Crippen LogP contribution is -2.30. The lowest BCUT2D eigenvalue weighted by Gasteiger charge is -2.12. The average molecular weight is 366 g/mol. The van der Waals surface area contributed by atoms with E-state index in [0.717, 1.165) is 11.1 Å². The summed E-state index contributed by atoms with van der Waals surface area (Å²) in [5, 5.41) is 5.64. The first-order chi connectivity index (χ1) is 12.9. The molecule has 2 aromatic carbocycles. The van der Waals surface area contributed by atoms with Crippen molar-refractivity contribution in [3.05, 3.63) is 59.2 Å². The smallest absolute Gasteiger partial charge is 0.251 e. The molecule has 0 aliphatic carbocycles. The molecule has 6 heteroatoms. The van der Waals surface area contributed by atoms with Crippen molar-refractivity contribution in [2.24, 2.45) is 0 Å². The largest absolute Gasteiger partial charge is 0.454 e. The Hall–Kier alpha value is -3.28. The zero-order valence-electron chi connectivity index (χ0n) is 15.5. The van der Waals surface area contributed by atoms with Crippen LogP contribution in [0.4, 0.5) is 5.69 Å². The Bertz CT molecular complexity index is 903. The van der Waals surface area contributed by atoms with Gasteiger partial charge in [-0.1, -0.05) is 12.1 Å². The summed E-state index contributed by atoms with van der Waals surface area (Å²) < 4.78 is 10.6. The van der Waals surface area contributed by atoms with Crippen LogP contribution < -0.4 is 20.1 Å². The van der Waals surface area contributed by atoms with E-state index in [1.54, 1.807) is 24.3 Å². The number of hydrogen-bond donors (Lipinski definition) is 2. The molecule has 0 fully saturated rings. The van der Waals surface area contributed by atoms with Gasteiger partial charge in [-0.2, -0.15) is 0 Å². The van der Waals surface area contributed by atoms with Crippen LogP contribution in [0.2, 0.25) is 0 Å². The Kier molecular flexibility index (Phi) is 5.45. The van der Waals surface area contributed by atoms with Crippen LogP contribution in [-0.4, -0.2) is 24.6 Å². The van der Waals surface area contributed by atoms with Crippen molar-refractivity contribution in [2.75, 3.05) is 12.1 Å². The van der Waals surface area contributed by atoms with Crippen LogP contribution in [-0.2, 0) is 4.79 Å². The van der Waals surface area contributed by atoms with Crippen LogP contribution in [0.25, 0.3) is 6.08 Å². The van der Waals surface area contributed by atoms with Gasteiger partial charge >= 0.3 is 0 Å². The fourth-order valence-corrected chi connectivity index (χ4v) is 2.66. The molecule has 0 saturated carbocycles. The maximum atomic E-state index is 12.3. The molecule has 2 amide bonds. The molecule has 27 heavy (non-hydrogen) atoms. The molecule has 1 aliphatic heterocycles. The second kappa shape index (κ2) is 7.95. The molecule has 0 saturated heterocycles. The third-order valence-electron chi connectivity index (χ3n) is 3.99. The van der Waals surface area contributed by atoms with Gasteiger partial charge in [-0.25, -0.2) is 0 Å². The van der Waals surface area contributed by atoms with Gasteiger partial charge in [-0.15, -0.1) is 0 Å². The van der Waals surface area contributed by atoms with Crippen LogP contribution in [0, 0.1) is 6.92 Å². The third kappa shape index (κ3) is 4.67. The molecule has 0 aromatic heterocycles. The fraction of sp³-hybridized carbons (Fsp3) is 0.238. The number of hydrogen-bond acceptors (Lipinski definition) is 4. The van der Waals surface area contributed by atoms with Crippen molar-refractivity contribution in [1.82, 2.24) is 5.32 Å². The van der Waals surface area contributed by atoms with E-state index < -0.39 is 0 Å². The summed E-state index contributed by atoms with van der Waals surface area (Å²) in [5.41, 5.74) is 2.79. The van der Waals surface area contributed by atoms with E-state index in [9.17, 15) is 9.59 Å². The maximum absolute atomic E-state index is 12.3. The predicted molar refractivity (Wildman–Crippen MR) is 104 cm³/mol. The van der Waals surface area contributed by atoms with Crippen molar-refractivity contribution in [3.8, 4) is 11.5 Å². The monoisotopic (exact) mass is 366 g/mol. The Morgan fingerprint density at radius 3 is 2.63 bits per heavy atom. The number of benzene rings is 2. The normalized spacial score (nSPS) is 12.4. The van der Waals surface area contributed by atoms with E-state index in [-0.39, 0.29) is 24.6 Å². The summed E-state index contributed by atoms with van der Waals surface area (Å²) in [6.07, 6.45) is 3.13. The summed E-state index contributed by atoms with van der Waals surface area (Å²) >= 11 is 0. The standard InChI is InChI=1S/C21H22N2O4/c1-13(2)22-21(25)17-11-16(7-4-14(17)3)23-20(24)9-6-15-5-8-18-19(10-15)27-12-26-18/h4-11,13H,12H2,1-3H3,(H,22,25)(H,23,24). The number of carbonyl (C=O) groups excluding carboxylic acids is 2. The van der Waals surface area contributed by atoms with Crippen LogP contribution >= 0.6 is 0 Å². The lowest BCUT2D eigenvalue weighted by molar-refractivity contribution is -0.111. The second-order valence-corrected chi connectivity index (χ2v) is 6.59. The van der Waals surface area contributed by atoms with Gasteiger partial charge in [0.1, 0.15) is 0 Å². The lowest BCUT2D eigenvalue weighted by atomic mass is 10.1. The van der Waals surface area contributed by atoms with Crippen LogP contribution in [0.15, 0.2) is 42.5 Å². The quantitative estimate of drug-likeness (QED) is 0.794. The molecule has 1 heterocycles. The second-order valence-electron chi connectivity index (χ2n) is 6.59. The van der Waals surface area contributed by atoms with E-state index in [0.29, 0.717) is 22.7 Å². The van der Waals surface area contributed by atoms with Gasteiger partial charge < -0.3 is 20.1 Å². The van der Waals surface area contributed by atoms with Gasteiger partial charge in [0.2, 0.25) is 12.7 Å². The molecule has 2 N–H and O–H groups in total. The van der Waals surface area contributed by atoms with Crippen molar-refractivity contribution >= 4 is 23.6 Å². The van der Waals surface area contributed by atoms with Gasteiger partial charge in [0.25, 0.3) is 5.91 Å². The number of rotatable bonds is 5. The average Bonchev–Trinajstić information content (AvgIpc) is 3.08. The minimum atomic E-state index is -0.285. The summed E-state index contributed by atoms with van der Waals surface area (Å²) in [4.78, 5) is 24.5. The molecule has 6 nitrogen and oxygen atoms in total. The van der Waals surface area contributed by atoms with Crippen LogP contribution in [0.3, 0.4) is 0 Å². The minimum absolute atomic E-state index is 0.0415. The van der Waals surface area contributed by atoms with Crippen LogP contribution in [0.1, 0.15) is 35.3 Å². The molecule has 2 aromatic rings. The predicted octanol–water partition coefficient (Wildman–Crippen LogP) is 3.51. The van der Waals surface area contributed by atoms with Gasteiger partial charge in [0.15, 0.2) is 11.5 Å². The Balaban J connectivity index is 1.68. The third-order valence-corrected chi connectivity index (χ3v) is 3.99. The highest BCUT2D eigenvalue weighted by Gasteiger charge is 2.13. The maximum Gasteiger partial charge on any atom is 0.251 e. The van der Waals surface area contributed by atoms with E-state index in [1.807, 2.05) is 39.0 Å². The highest BCUT2D eigenvalue weighted by molar-refractivity contribution is 6.03. The number of aryl methyl sites for hydroxylation is 1. The molecule has 0 atom stereocenters. The molecule has 0 unspecified atom stereocenters. The summed E-state index contributed by atoms with van der Waals surface area (Å²) in [6.45, 7) is 5.88. The Morgan fingerprint density at radius 1 is 1.07 bits per heavy atom. The van der Waals surface area contributed by atoms with Gasteiger partial charge in [-0.3, -0.25) is 9.59 Å². The molecule has 1 aliphatic rings. The zero-order valence-corrected chi connectivity index (χ0v) is 15.5. The molecular formula is C21H22N2O4. The summed E-state index contributed by atoms with van der Waals surface area (Å²) in [5.74, 6) is 0.918. The first-order valence-electron chi connectivity index (χ1n) is 8.72.